The highest BCUT2D eigenvalue weighted by Crippen LogP contribution is 2.11. The molecule has 56 valence electrons. The number of hydrogen-bond donors (Lipinski definition) is 0. The molecule has 1 aromatic carbocycles. The van der Waals surface area contributed by atoms with Crippen molar-refractivity contribution in [3.63, 3.8) is 0 Å². The van der Waals surface area contributed by atoms with Crippen LogP contribution in [0.2, 0.25) is 0 Å². The minimum Gasteiger partial charge on any atom is -0.0930 e. The summed E-state index contributed by atoms with van der Waals surface area (Å²) in [5.41, 5.74) is 3.39. The first-order valence-electron chi connectivity index (χ1n) is 3.97. The first-order chi connectivity index (χ1) is 5.11. The van der Waals surface area contributed by atoms with Crippen molar-refractivity contribution < 1.29 is 0 Å². The third-order valence-electron chi connectivity index (χ3n) is 1.86. The van der Waals surface area contributed by atoms with E-state index in [0.29, 0.717) is 5.92 Å². The number of aryl methyl sites for hydroxylation is 1. The second-order valence-corrected chi connectivity index (χ2v) is 3.29. The van der Waals surface area contributed by atoms with Gasteiger partial charge in [0.25, 0.3) is 0 Å². The van der Waals surface area contributed by atoms with Crippen LogP contribution in [0.1, 0.15) is 30.9 Å². The molecule has 11 heavy (non-hydrogen) atoms. The predicted molar refractivity (Wildman–Crippen MR) is 50.7 cm³/mol. The highest BCUT2D eigenvalue weighted by molar-refractivity contribution is 6.33. The van der Waals surface area contributed by atoms with Gasteiger partial charge in [0.05, 0.1) is 0 Å². The first kappa shape index (κ1) is 8.38. The second kappa shape index (κ2) is 3.12. The molecule has 0 amide bonds. The molecule has 0 aliphatic rings. The molecule has 1 aromatic rings. The minimum absolute atomic E-state index is 0.524. The summed E-state index contributed by atoms with van der Waals surface area (Å²) in [6.07, 6.45) is 0. The zero-order chi connectivity index (χ0) is 8.43. The van der Waals surface area contributed by atoms with Crippen LogP contribution in [-0.2, 0) is 0 Å². The third-order valence-corrected chi connectivity index (χ3v) is 1.86. The molecule has 1 heteroatoms. The molecule has 0 aliphatic carbocycles. The standard InChI is InChI=1S/C10H13B/c1-7(2)9-5-4-8(3)6-10(9)11/h4-7H,1-3H3. The van der Waals surface area contributed by atoms with Gasteiger partial charge in [-0.25, -0.2) is 0 Å². The molecular formula is C10H13B. The molecule has 0 aliphatic heterocycles. The Kier molecular flexibility index (Phi) is 2.38. The monoisotopic (exact) mass is 144 g/mol. The van der Waals surface area contributed by atoms with Gasteiger partial charge in [0, 0.05) is 0 Å². The number of benzene rings is 1. The van der Waals surface area contributed by atoms with E-state index in [4.69, 9.17) is 7.85 Å². The Bertz CT molecular complexity index is 251. The molecule has 0 bridgehead atoms. The summed E-state index contributed by atoms with van der Waals surface area (Å²) < 4.78 is 0. The average molecular weight is 144 g/mol. The SMILES string of the molecule is [B]c1cc(C)ccc1C(C)C. The molecule has 0 atom stereocenters. The van der Waals surface area contributed by atoms with E-state index >= 15 is 0 Å². The van der Waals surface area contributed by atoms with Crippen molar-refractivity contribution in [3.05, 3.63) is 29.3 Å². The molecule has 0 spiro atoms. The maximum atomic E-state index is 5.82. The molecule has 0 unspecified atom stereocenters. The first-order valence-corrected chi connectivity index (χ1v) is 3.97. The Balaban J connectivity index is 3.09. The van der Waals surface area contributed by atoms with Crippen LogP contribution in [0.15, 0.2) is 18.2 Å². The third kappa shape index (κ3) is 1.86. The second-order valence-electron chi connectivity index (χ2n) is 3.29. The lowest BCUT2D eigenvalue weighted by atomic mass is 9.84. The fourth-order valence-corrected chi connectivity index (χ4v) is 1.22. The Morgan fingerprint density at radius 1 is 1.27 bits per heavy atom. The smallest absolute Gasteiger partial charge is 0.0930 e. The zero-order valence-corrected chi connectivity index (χ0v) is 7.39. The van der Waals surface area contributed by atoms with Gasteiger partial charge in [-0.2, -0.15) is 0 Å². The molecule has 0 aromatic heterocycles. The lowest BCUT2D eigenvalue weighted by molar-refractivity contribution is 0.873. The molecule has 1 rings (SSSR count). The lowest BCUT2D eigenvalue weighted by Gasteiger charge is -2.09. The highest BCUT2D eigenvalue weighted by Gasteiger charge is 2.00. The summed E-state index contributed by atoms with van der Waals surface area (Å²) in [7, 11) is 5.82. The quantitative estimate of drug-likeness (QED) is 0.528. The van der Waals surface area contributed by atoms with E-state index in [1.165, 1.54) is 11.1 Å². The maximum Gasteiger partial charge on any atom is 0.114 e. The van der Waals surface area contributed by atoms with Crippen molar-refractivity contribution in [3.8, 4) is 0 Å². The van der Waals surface area contributed by atoms with E-state index in [0.717, 1.165) is 5.46 Å². The summed E-state index contributed by atoms with van der Waals surface area (Å²) in [5, 5.41) is 0. The highest BCUT2D eigenvalue weighted by atomic mass is 14.0. The maximum absolute atomic E-state index is 5.82. The van der Waals surface area contributed by atoms with Crippen molar-refractivity contribution >= 4 is 13.3 Å². The summed E-state index contributed by atoms with van der Waals surface area (Å²) >= 11 is 0. The van der Waals surface area contributed by atoms with E-state index in [-0.39, 0.29) is 0 Å². The molecule has 0 nitrogen and oxygen atoms in total. The topological polar surface area (TPSA) is 0 Å². The number of hydrogen-bond acceptors (Lipinski definition) is 0. The number of rotatable bonds is 1. The van der Waals surface area contributed by atoms with Crippen molar-refractivity contribution in [1.82, 2.24) is 0 Å². The Morgan fingerprint density at radius 2 is 1.91 bits per heavy atom. The fraction of sp³-hybridized carbons (Fsp3) is 0.400. The van der Waals surface area contributed by atoms with Gasteiger partial charge in [0.2, 0.25) is 0 Å². The van der Waals surface area contributed by atoms with Gasteiger partial charge in [-0.05, 0) is 12.8 Å². The van der Waals surface area contributed by atoms with Crippen LogP contribution in [0.25, 0.3) is 0 Å². The molecule has 0 saturated carbocycles. The summed E-state index contributed by atoms with van der Waals surface area (Å²) in [6, 6.07) is 6.23. The summed E-state index contributed by atoms with van der Waals surface area (Å²) in [5.74, 6) is 0.524. The normalized spacial score (nSPS) is 10.5. The van der Waals surface area contributed by atoms with Gasteiger partial charge in [-0.15, -0.1) is 0 Å². The van der Waals surface area contributed by atoms with Crippen LogP contribution >= 0.6 is 0 Å². The average Bonchev–Trinajstić information content (AvgIpc) is 1.85. The molecule has 2 radical (unpaired) electrons. The molecule has 0 fully saturated rings. The van der Waals surface area contributed by atoms with Crippen LogP contribution in [0, 0.1) is 6.92 Å². The summed E-state index contributed by atoms with van der Waals surface area (Å²) in [6.45, 7) is 6.36. The minimum atomic E-state index is 0.524. The molecule has 0 heterocycles. The lowest BCUT2D eigenvalue weighted by Crippen LogP contribution is -2.11. The van der Waals surface area contributed by atoms with Crippen LogP contribution in [-0.4, -0.2) is 7.85 Å². The molecular weight excluding hydrogens is 131 g/mol. The van der Waals surface area contributed by atoms with E-state index < -0.39 is 0 Å². The van der Waals surface area contributed by atoms with E-state index in [2.05, 4.69) is 32.9 Å². The Morgan fingerprint density at radius 3 is 2.36 bits per heavy atom. The van der Waals surface area contributed by atoms with Gasteiger partial charge < -0.3 is 0 Å². The van der Waals surface area contributed by atoms with Crippen molar-refractivity contribution in [2.75, 3.05) is 0 Å². The summed E-state index contributed by atoms with van der Waals surface area (Å²) in [4.78, 5) is 0. The zero-order valence-electron chi connectivity index (χ0n) is 7.39. The van der Waals surface area contributed by atoms with Crippen LogP contribution in [0.4, 0.5) is 0 Å². The van der Waals surface area contributed by atoms with Crippen LogP contribution < -0.4 is 5.46 Å². The van der Waals surface area contributed by atoms with Crippen molar-refractivity contribution in [2.45, 2.75) is 26.7 Å². The molecule has 0 N–H and O–H groups in total. The van der Waals surface area contributed by atoms with Crippen LogP contribution in [0.5, 0.6) is 0 Å². The van der Waals surface area contributed by atoms with E-state index in [1.54, 1.807) is 0 Å². The van der Waals surface area contributed by atoms with Gasteiger partial charge in [-0.3, -0.25) is 0 Å². The van der Waals surface area contributed by atoms with Gasteiger partial charge in [0.1, 0.15) is 7.85 Å². The van der Waals surface area contributed by atoms with Gasteiger partial charge in [0.15, 0.2) is 0 Å². The van der Waals surface area contributed by atoms with Gasteiger partial charge >= 0.3 is 0 Å². The van der Waals surface area contributed by atoms with E-state index in [1.807, 2.05) is 6.07 Å². The largest absolute Gasteiger partial charge is 0.114 e. The Hall–Kier alpha value is -0.715. The fourth-order valence-electron chi connectivity index (χ4n) is 1.22. The molecule has 0 saturated heterocycles. The predicted octanol–water partition coefficient (Wildman–Crippen LogP) is 1.91. The van der Waals surface area contributed by atoms with Gasteiger partial charge in [-0.1, -0.05) is 48.6 Å². The Labute approximate surface area is 70.0 Å². The van der Waals surface area contributed by atoms with E-state index in [9.17, 15) is 0 Å². The van der Waals surface area contributed by atoms with Crippen molar-refractivity contribution in [1.29, 1.82) is 0 Å². The van der Waals surface area contributed by atoms with Crippen molar-refractivity contribution in [2.24, 2.45) is 0 Å². The van der Waals surface area contributed by atoms with Crippen LogP contribution in [0.3, 0.4) is 0 Å².